The zero-order chi connectivity index (χ0) is 15.4. The minimum Gasteiger partial charge on any atom is -0.417 e. The predicted molar refractivity (Wildman–Crippen MR) is 67.7 cm³/mol. The smallest absolute Gasteiger partial charge is 0.322 e. The van der Waals surface area contributed by atoms with E-state index in [1.807, 2.05) is 0 Å². The number of halogens is 1. The average Bonchev–Trinajstić information content (AvgIpc) is 2.46. The fourth-order valence-electron chi connectivity index (χ4n) is 1.40. The van der Waals surface area contributed by atoms with Gasteiger partial charge in [-0.1, -0.05) is 5.16 Å². The van der Waals surface area contributed by atoms with Crippen molar-refractivity contribution in [2.45, 2.75) is 0 Å². The molecule has 2 aromatic rings. The van der Waals surface area contributed by atoms with Gasteiger partial charge in [0, 0.05) is 18.3 Å². The lowest BCUT2D eigenvalue weighted by molar-refractivity contribution is -0.385. The summed E-state index contributed by atoms with van der Waals surface area (Å²) >= 11 is 0. The van der Waals surface area contributed by atoms with E-state index in [1.54, 1.807) is 0 Å². The van der Waals surface area contributed by atoms with Gasteiger partial charge < -0.3 is 15.7 Å². The Hall–Kier alpha value is -3.30. The zero-order valence-electron chi connectivity index (χ0n) is 10.3. The van der Waals surface area contributed by atoms with E-state index in [9.17, 15) is 14.5 Å². The first-order valence-electron chi connectivity index (χ1n) is 5.44. The van der Waals surface area contributed by atoms with Gasteiger partial charge in [0.25, 0.3) is 0 Å². The van der Waals surface area contributed by atoms with Crippen LogP contribution in [-0.2, 0) is 0 Å². The highest BCUT2D eigenvalue weighted by Crippen LogP contribution is 2.30. The Morgan fingerprint density at radius 2 is 2.24 bits per heavy atom. The lowest BCUT2D eigenvalue weighted by Gasteiger charge is -2.05. The van der Waals surface area contributed by atoms with Crippen LogP contribution in [0, 0.1) is 15.9 Å². The fourth-order valence-corrected chi connectivity index (χ4v) is 1.40. The Morgan fingerprint density at radius 3 is 2.90 bits per heavy atom. The van der Waals surface area contributed by atoms with E-state index in [0.717, 1.165) is 18.2 Å². The molecule has 0 saturated carbocycles. The number of nitro groups is 1. The third kappa shape index (κ3) is 3.18. The maximum Gasteiger partial charge on any atom is 0.322 e. The number of oxime groups is 1. The molecular formula is C11H8FN5O4. The van der Waals surface area contributed by atoms with Crippen molar-refractivity contribution in [1.29, 1.82) is 0 Å². The standard InChI is InChI=1S/C11H8FN5O4/c12-6-1-2-8(17(19)20)9(5-6)21-11-14-4-3-7(15-11)10(13)16-18/h1-5,18H,(H2,13,16). The summed E-state index contributed by atoms with van der Waals surface area (Å²) in [6, 6.07) is 3.74. The maximum absolute atomic E-state index is 13.2. The molecule has 0 saturated heterocycles. The van der Waals surface area contributed by atoms with Crippen molar-refractivity contribution >= 4 is 11.5 Å². The lowest BCUT2D eigenvalue weighted by atomic mass is 10.3. The quantitative estimate of drug-likeness (QED) is 0.286. The van der Waals surface area contributed by atoms with Crippen LogP contribution >= 0.6 is 0 Å². The van der Waals surface area contributed by atoms with Gasteiger partial charge in [-0.2, -0.15) is 4.98 Å². The molecule has 1 aromatic heterocycles. The first kappa shape index (κ1) is 14.1. The monoisotopic (exact) mass is 293 g/mol. The van der Waals surface area contributed by atoms with Crippen LogP contribution in [0.4, 0.5) is 10.1 Å². The largest absolute Gasteiger partial charge is 0.417 e. The van der Waals surface area contributed by atoms with Crippen LogP contribution in [0.2, 0.25) is 0 Å². The molecule has 0 amide bonds. The van der Waals surface area contributed by atoms with E-state index in [4.69, 9.17) is 15.7 Å². The Morgan fingerprint density at radius 1 is 1.48 bits per heavy atom. The summed E-state index contributed by atoms with van der Waals surface area (Å²) in [5, 5.41) is 22.1. The van der Waals surface area contributed by atoms with Crippen molar-refractivity contribution in [3.63, 3.8) is 0 Å². The minimum absolute atomic E-state index is 0.0431. The Balaban J connectivity index is 2.38. The molecule has 1 aromatic carbocycles. The number of hydrogen-bond donors (Lipinski definition) is 2. The molecule has 0 spiro atoms. The van der Waals surface area contributed by atoms with Gasteiger partial charge >= 0.3 is 11.7 Å². The Labute approximate surface area is 116 Å². The van der Waals surface area contributed by atoms with Crippen LogP contribution in [-0.4, -0.2) is 25.9 Å². The molecule has 10 heteroatoms. The fraction of sp³-hybridized carbons (Fsp3) is 0. The van der Waals surface area contributed by atoms with Gasteiger partial charge in [-0.05, 0) is 12.1 Å². The lowest BCUT2D eigenvalue weighted by Crippen LogP contribution is -2.15. The summed E-state index contributed by atoms with van der Waals surface area (Å²) in [5.74, 6) is -1.38. The van der Waals surface area contributed by atoms with Gasteiger partial charge in [-0.15, -0.1) is 0 Å². The molecule has 2 rings (SSSR count). The van der Waals surface area contributed by atoms with Crippen molar-refractivity contribution in [3.8, 4) is 11.8 Å². The number of benzene rings is 1. The molecule has 0 aliphatic rings. The molecule has 108 valence electrons. The van der Waals surface area contributed by atoms with Crippen molar-refractivity contribution < 1.29 is 19.3 Å². The van der Waals surface area contributed by atoms with Crippen molar-refractivity contribution in [1.82, 2.24) is 9.97 Å². The SMILES string of the molecule is N/C(=N/O)c1ccnc(Oc2cc(F)ccc2[N+](=O)[O-])n1. The highest BCUT2D eigenvalue weighted by atomic mass is 19.1. The molecule has 0 unspecified atom stereocenters. The maximum atomic E-state index is 13.2. The Kier molecular flexibility index (Phi) is 3.88. The molecule has 0 atom stereocenters. The summed E-state index contributed by atoms with van der Waals surface area (Å²) in [7, 11) is 0. The highest BCUT2D eigenvalue weighted by Gasteiger charge is 2.18. The number of aromatic nitrogens is 2. The van der Waals surface area contributed by atoms with Crippen LogP contribution < -0.4 is 10.5 Å². The molecule has 0 fully saturated rings. The van der Waals surface area contributed by atoms with Gasteiger partial charge in [0.2, 0.25) is 5.75 Å². The molecule has 3 N–H and O–H groups in total. The number of rotatable bonds is 4. The first-order valence-corrected chi connectivity index (χ1v) is 5.44. The summed E-state index contributed by atoms with van der Waals surface area (Å²) in [4.78, 5) is 17.6. The normalized spacial score (nSPS) is 11.2. The van der Waals surface area contributed by atoms with Gasteiger partial charge in [-0.3, -0.25) is 10.1 Å². The topological polar surface area (TPSA) is 137 Å². The van der Waals surface area contributed by atoms with Crippen LogP contribution in [0.5, 0.6) is 11.8 Å². The minimum atomic E-state index is -0.734. The third-order valence-electron chi connectivity index (χ3n) is 2.32. The molecule has 1 heterocycles. The molecular weight excluding hydrogens is 285 g/mol. The van der Waals surface area contributed by atoms with Gasteiger partial charge in [-0.25, -0.2) is 9.37 Å². The number of nitrogens with zero attached hydrogens (tertiary/aromatic N) is 4. The predicted octanol–water partition coefficient (Wildman–Crippen LogP) is 1.41. The van der Waals surface area contributed by atoms with E-state index in [2.05, 4.69) is 15.1 Å². The second kappa shape index (κ2) is 5.77. The number of amidine groups is 1. The first-order chi connectivity index (χ1) is 10.0. The number of ether oxygens (including phenoxy) is 1. The molecule has 0 bridgehead atoms. The molecule has 21 heavy (non-hydrogen) atoms. The van der Waals surface area contributed by atoms with E-state index in [0.29, 0.717) is 0 Å². The molecule has 0 aliphatic heterocycles. The summed E-state index contributed by atoms with van der Waals surface area (Å²) in [5.41, 5.74) is 4.94. The molecule has 0 aliphatic carbocycles. The van der Waals surface area contributed by atoms with E-state index in [1.165, 1.54) is 12.3 Å². The van der Waals surface area contributed by atoms with Gasteiger partial charge in [0.1, 0.15) is 11.5 Å². The van der Waals surface area contributed by atoms with E-state index in [-0.39, 0.29) is 23.3 Å². The average molecular weight is 293 g/mol. The van der Waals surface area contributed by atoms with Gasteiger partial charge in [0.05, 0.1) is 4.92 Å². The van der Waals surface area contributed by atoms with Crippen molar-refractivity contribution in [3.05, 3.63) is 52.1 Å². The van der Waals surface area contributed by atoms with Crippen LogP contribution in [0.1, 0.15) is 5.69 Å². The molecule has 9 nitrogen and oxygen atoms in total. The van der Waals surface area contributed by atoms with Crippen LogP contribution in [0.25, 0.3) is 0 Å². The highest BCUT2D eigenvalue weighted by molar-refractivity contribution is 5.95. The van der Waals surface area contributed by atoms with Crippen LogP contribution in [0.3, 0.4) is 0 Å². The summed E-state index contributed by atoms with van der Waals surface area (Å²) in [6.07, 6.45) is 1.24. The van der Waals surface area contributed by atoms with Crippen LogP contribution in [0.15, 0.2) is 35.6 Å². The van der Waals surface area contributed by atoms with Gasteiger partial charge in [0.15, 0.2) is 5.84 Å². The van der Waals surface area contributed by atoms with E-state index < -0.39 is 16.4 Å². The number of nitro benzene ring substituents is 1. The van der Waals surface area contributed by atoms with Crippen molar-refractivity contribution in [2.24, 2.45) is 10.9 Å². The molecule has 0 radical (unpaired) electrons. The second-order valence-corrected chi connectivity index (χ2v) is 3.68. The summed E-state index contributed by atoms with van der Waals surface area (Å²) in [6.45, 7) is 0. The van der Waals surface area contributed by atoms with E-state index >= 15 is 0 Å². The zero-order valence-corrected chi connectivity index (χ0v) is 10.3. The summed E-state index contributed by atoms with van der Waals surface area (Å²) < 4.78 is 18.3. The third-order valence-corrected chi connectivity index (χ3v) is 2.32. The second-order valence-electron chi connectivity index (χ2n) is 3.68. The van der Waals surface area contributed by atoms with Crippen molar-refractivity contribution in [2.75, 3.05) is 0 Å². The Bertz CT molecular complexity index is 722. The number of nitrogens with two attached hydrogens (primary N) is 1. The number of hydrogen-bond acceptors (Lipinski definition) is 7.